The van der Waals surface area contributed by atoms with E-state index < -0.39 is 5.54 Å². The Morgan fingerprint density at radius 2 is 1.73 bits per heavy atom. The highest BCUT2D eigenvalue weighted by molar-refractivity contribution is 5.80. The summed E-state index contributed by atoms with van der Waals surface area (Å²) >= 11 is 0. The van der Waals surface area contributed by atoms with Crippen LogP contribution in [0.5, 0.6) is 0 Å². The lowest BCUT2D eigenvalue weighted by Crippen LogP contribution is -2.47. The van der Waals surface area contributed by atoms with Gasteiger partial charge in [-0.1, -0.05) is 49.7 Å². The number of pyridine rings is 1. The Labute approximate surface area is 155 Å². The van der Waals surface area contributed by atoms with Crippen LogP contribution in [0.25, 0.3) is 11.3 Å². The molecule has 0 saturated heterocycles. The number of aromatic nitrogens is 1. The smallest absolute Gasteiger partial charge is 0.332 e. The molecule has 26 heavy (non-hydrogen) atoms. The molecule has 1 aromatic heterocycles. The van der Waals surface area contributed by atoms with Gasteiger partial charge in [0.1, 0.15) is 5.54 Å². The number of esters is 1. The maximum Gasteiger partial charge on any atom is 0.332 e. The summed E-state index contributed by atoms with van der Waals surface area (Å²) < 4.78 is 7.00. The average molecular weight is 355 g/mol. The number of ether oxygens (including phenoxy) is 1. The van der Waals surface area contributed by atoms with Gasteiger partial charge in [0.2, 0.25) is 0 Å². The van der Waals surface area contributed by atoms with E-state index in [2.05, 4.69) is 0 Å². The number of aryl methyl sites for hydroxylation is 2. The van der Waals surface area contributed by atoms with Crippen molar-refractivity contribution in [1.82, 2.24) is 4.57 Å². The molecule has 4 heteroatoms. The monoisotopic (exact) mass is 355 g/mol. The minimum atomic E-state index is -1.06. The molecule has 0 fully saturated rings. The molecule has 0 aliphatic carbocycles. The summed E-state index contributed by atoms with van der Waals surface area (Å²) in [6, 6.07) is 11.4. The van der Waals surface area contributed by atoms with E-state index in [-0.39, 0.29) is 24.1 Å². The van der Waals surface area contributed by atoms with Crippen LogP contribution in [0.2, 0.25) is 0 Å². The first-order valence-electron chi connectivity index (χ1n) is 9.18. The molecule has 0 saturated carbocycles. The van der Waals surface area contributed by atoms with E-state index in [1.165, 1.54) is 6.07 Å². The van der Waals surface area contributed by atoms with Crippen LogP contribution in [0.3, 0.4) is 0 Å². The van der Waals surface area contributed by atoms with Crippen LogP contribution >= 0.6 is 0 Å². The second-order valence-corrected chi connectivity index (χ2v) is 7.50. The van der Waals surface area contributed by atoms with Gasteiger partial charge in [0.15, 0.2) is 0 Å². The van der Waals surface area contributed by atoms with Gasteiger partial charge in [-0.15, -0.1) is 0 Å². The van der Waals surface area contributed by atoms with Crippen molar-refractivity contribution >= 4 is 5.97 Å². The average Bonchev–Trinajstić information content (AvgIpc) is 2.57. The predicted molar refractivity (Wildman–Crippen MR) is 105 cm³/mol. The van der Waals surface area contributed by atoms with Gasteiger partial charge in [0.05, 0.1) is 12.3 Å². The summed E-state index contributed by atoms with van der Waals surface area (Å²) in [6.45, 7) is 12.0. The summed E-state index contributed by atoms with van der Waals surface area (Å²) in [5.74, 6) is -0.141. The lowest BCUT2D eigenvalue weighted by molar-refractivity contribution is -0.154. The number of carbonyl (C=O) groups is 1. The van der Waals surface area contributed by atoms with E-state index in [9.17, 15) is 9.59 Å². The first-order chi connectivity index (χ1) is 12.2. The number of benzene rings is 1. The van der Waals surface area contributed by atoms with Crippen molar-refractivity contribution < 1.29 is 9.53 Å². The molecule has 2 rings (SSSR count). The number of hydrogen-bond acceptors (Lipinski definition) is 3. The number of hydrogen-bond donors (Lipinski definition) is 0. The Morgan fingerprint density at radius 3 is 2.27 bits per heavy atom. The van der Waals surface area contributed by atoms with Crippen LogP contribution in [0, 0.1) is 19.8 Å². The summed E-state index contributed by atoms with van der Waals surface area (Å²) in [7, 11) is 0. The third-order valence-electron chi connectivity index (χ3n) is 4.63. The Balaban J connectivity index is 2.80. The molecule has 140 valence electrons. The van der Waals surface area contributed by atoms with Gasteiger partial charge in [-0.05, 0) is 51.2 Å². The van der Waals surface area contributed by atoms with Crippen molar-refractivity contribution in [2.75, 3.05) is 6.61 Å². The predicted octanol–water partition coefficient (Wildman–Crippen LogP) is 4.46. The number of carbonyl (C=O) groups excluding carboxylic acids is 1. The van der Waals surface area contributed by atoms with Crippen molar-refractivity contribution in [2.45, 2.75) is 53.5 Å². The second-order valence-electron chi connectivity index (χ2n) is 7.50. The van der Waals surface area contributed by atoms with Gasteiger partial charge in [-0.25, -0.2) is 4.79 Å². The first kappa shape index (κ1) is 20.0. The molecule has 0 bridgehead atoms. The zero-order valence-electron chi connectivity index (χ0n) is 16.6. The Hall–Kier alpha value is -2.36. The van der Waals surface area contributed by atoms with Crippen LogP contribution in [0.15, 0.2) is 41.2 Å². The Bertz CT molecular complexity index is 833. The zero-order chi connectivity index (χ0) is 19.5. The lowest BCUT2D eigenvalue weighted by Gasteiger charge is -2.34. The number of nitrogens with zero attached hydrogens (tertiary/aromatic N) is 1. The zero-order valence-corrected chi connectivity index (χ0v) is 16.6. The SMILES string of the molecule is CCOC(=O)C(C)(CC(C)C)n1c(-c2ccc(C)cc2)c(C)ccc1=O. The van der Waals surface area contributed by atoms with Crippen LogP contribution in [-0.4, -0.2) is 17.1 Å². The van der Waals surface area contributed by atoms with E-state index in [0.717, 1.165) is 22.4 Å². The Morgan fingerprint density at radius 1 is 1.12 bits per heavy atom. The third kappa shape index (κ3) is 3.90. The maximum atomic E-state index is 12.9. The minimum Gasteiger partial charge on any atom is -0.464 e. The van der Waals surface area contributed by atoms with E-state index in [1.807, 2.05) is 65.0 Å². The molecule has 0 amide bonds. The van der Waals surface area contributed by atoms with Crippen LogP contribution in [0.1, 0.15) is 45.2 Å². The summed E-state index contributed by atoms with van der Waals surface area (Å²) in [4.78, 5) is 25.8. The highest BCUT2D eigenvalue weighted by Gasteiger charge is 2.40. The molecular formula is C22H29NO3. The van der Waals surface area contributed by atoms with Gasteiger partial charge in [0.25, 0.3) is 5.56 Å². The molecule has 1 unspecified atom stereocenters. The van der Waals surface area contributed by atoms with E-state index in [1.54, 1.807) is 11.5 Å². The molecular weight excluding hydrogens is 326 g/mol. The molecule has 4 nitrogen and oxygen atoms in total. The highest BCUT2D eigenvalue weighted by atomic mass is 16.5. The van der Waals surface area contributed by atoms with E-state index in [0.29, 0.717) is 6.42 Å². The molecule has 1 aromatic carbocycles. The van der Waals surface area contributed by atoms with Gasteiger partial charge in [0, 0.05) is 6.07 Å². The second kappa shape index (κ2) is 7.90. The molecule has 0 radical (unpaired) electrons. The summed E-state index contributed by atoms with van der Waals surface area (Å²) in [6.07, 6.45) is 0.522. The molecule has 0 aliphatic heterocycles. The van der Waals surface area contributed by atoms with E-state index in [4.69, 9.17) is 4.74 Å². The highest BCUT2D eigenvalue weighted by Crippen LogP contribution is 2.32. The van der Waals surface area contributed by atoms with Gasteiger partial charge in [-0.3, -0.25) is 9.36 Å². The van der Waals surface area contributed by atoms with Gasteiger partial charge < -0.3 is 4.74 Å². The van der Waals surface area contributed by atoms with Crippen LogP contribution in [0.4, 0.5) is 0 Å². The molecule has 1 heterocycles. The molecule has 2 aromatic rings. The Kier molecular flexibility index (Phi) is 6.06. The topological polar surface area (TPSA) is 48.3 Å². The quantitative estimate of drug-likeness (QED) is 0.719. The molecule has 0 spiro atoms. The lowest BCUT2D eigenvalue weighted by atomic mass is 9.88. The van der Waals surface area contributed by atoms with Crippen molar-refractivity contribution in [3.05, 3.63) is 57.9 Å². The fourth-order valence-corrected chi connectivity index (χ4v) is 3.54. The fourth-order valence-electron chi connectivity index (χ4n) is 3.54. The minimum absolute atomic E-state index is 0.192. The molecule has 1 atom stereocenters. The number of rotatable bonds is 6. The molecule has 0 aliphatic rings. The standard InChI is InChI=1S/C22H29NO3/c1-7-26-21(25)22(6,14-15(2)3)23-19(24)13-10-17(5)20(23)18-11-8-16(4)9-12-18/h8-13,15H,7,14H2,1-6H3. The third-order valence-corrected chi connectivity index (χ3v) is 4.63. The van der Waals surface area contributed by atoms with Gasteiger partial charge >= 0.3 is 5.97 Å². The molecule has 0 N–H and O–H groups in total. The maximum absolute atomic E-state index is 12.9. The summed E-state index contributed by atoms with van der Waals surface area (Å²) in [5, 5.41) is 0. The van der Waals surface area contributed by atoms with Crippen molar-refractivity contribution in [3.63, 3.8) is 0 Å². The van der Waals surface area contributed by atoms with Crippen molar-refractivity contribution in [2.24, 2.45) is 5.92 Å². The van der Waals surface area contributed by atoms with Crippen LogP contribution in [-0.2, 0) is 15.1 Å². The van der Waals surface area contributed by atoms with Gasteiger partial charge in [-0.2, -0.15) is 0 Å². The van der Waals surface area contributed by atoms with Crippen molar-refractivity contribution in [1.29, 1.82) is 0 Å². The first-order valence-corrected chi connectivity index (χ1v) is 9.18. The summed E-state index contributed by atoms with van der Waals surface area (Å²) in [5.41, 5.74) is 2.54. The van der Waals surface area contributed by atoms with Crippen LogP contribution < -0.4 is 5.56 Å². The fraction of sp³-hybridized carbons (Fsp3) is 0.455. The van der Waals surface area contributed by atoms with Crippen molar-refractivity contribution in [3.8, 4) is 11.3 Å². The largest absolute Gasteiger partial charge is 0.464 e. The normalized spacial score (nSPS) is 13.5. The van der Waals surface area contributed by atoms with E-state index >= 15 is 0 Å².